The summed E-state index contributed by atoms with van der Waals surface area (Å²) >= 11 is 3.18. The van der Waals surface area contributed by atoms with Crippen molar-refractivity contribution < 1.29 is 14.2 Å². The standard InChI is InChI=1S/C12H15BrFNO2.ClH/c13-8-1-2-9(14)10(12(8)16)11(15)7-3-5-17-6-4-7;/h1-2,7,11,16H,3-6,15H2;1H/t11-;/m0./s1. The van der Waals surface area contributed by atoms with Crippen LogP contribution >= 0.6 is 28.3 Å². The highest BCUT2D eigenvalue weighted by molar-refractivity contribution is 9.10. The Morgan fingerprint density at radius 3 is 2.61 bits per heavy atom. The van der Waals surface area contributed by atoms with Crippen molar-refractivity contribution in [1.29, 1.82) is 0 Å². The number of aromatic hydroxyl groups is 1. The molecule has 0 spiro atoms. The van der Waals surface area contributed by atoms with E-state index in [9.17, 15) is 9.50 Å². The normalized spacial score (nSPS) is 18.2. The van der Waals surface area contributed by atoms with Gasteiger partial charge in [0.25, 0.3) is 0 Å². The zero-order valence-corrected chi connectivity index (χ0v) is 12.1. The Balaban J connectivity index is 0.00000162. The molecule has 6 heteroatoms. The zero-order chi connectivity index (χ0) is 12.4. The second-order valence-electron chi connectivity index (χ2n) is 4.27. The molecule has 1 atom stereocenters. The van der Waals surface area contributed by atoms with Crippen LogP contribution in [0.3, 0.4) is 0 Å². The second-order valence-corrected chi connectivity index (χ2v) is 5.12. The van der Waals surface area contributed by atoms with Crippen LogP contribution in [0.2, 0.25) is 0 Å². The molecular weight excluding hydrogens is 324 g/mol. The average Bonchev–Trinajstić information content (AvgIpc) is 2.35. The molecule has 0 amide bonds. The second kappa shape index (κ2) is 6.70. The number of ether oxygens (including phenoxy) is 1. The maximum atomic E-state index is 13.7. The molecule has 3 nitrogen and oxygen atoms in total. The first-order valence-corrected chi connectivity index (χ1v) is 6.40. The third kappa shape index (κ3) is 3.15. The number of halogens is 3. The van der Waals surface area contributed by atoms with Crippen molar-refractivity contribution in [3.63, 3.8) is 0 Å². The van der Waals surface area contributed by atoms with Crippen molar-refractivity contribution in [2.75, 3.05) is 13.2 Å². The quantitative estimate of drug-likeness (QED) is 0.869. The van der Waals surface area contributed by atoms with E-state index < -0.39 is 11.9 Å². The Labute approximate surface area is 120 Å². The van der Waals surface area contributed by atoms with E-state index in [4.69, 9.17) is 10.5 Å². The molecule has 0 bridgehead atoms. The van der Waals surface area contributed by atoms with Gasteiger partial charge in [-0.1, -0.05) is 0 Å². The lowest BCUT2D eigenvalue weighted by Crippen LogP contribution is -2.28. The first kappa shape index (κ1) is 15.7. The summed E-state index contributed by atoms with van der Waals surface area (Å²) < 4.78 is 19.5. The van der Waals surface area contributed by atoms with E-state index >= 15 is 0 Å². The van der Waals surface area contributed by atoms with Gasteiger partial charge in [-0.15, -0.1) is 12.4 Å². The minimum Gasteiger partial charge on any atom is -0.506 e. The van der Waals surface area contributed by atoms with Crippen LogP contribution in [-0.4, -0.2) is 18.3 Å². The lowest BCUT2D eigenvalue weighted by molar-refractivity contribution is 0.0577. The molecule has 102 valence electrons. The van der Waals surface area contributed by atoms with Gasteiger partial charge in [-0.3, -0.25) is 0 Å². The third-order valence-corrected chi connectivity index (χ3v) is 3.86. The Kier molecular flexibility index (Phi) is 5.85. The van der Waals surface area contributed by atoms with Crippen LogP contribution in [0.4, 0.5) is 4.39 Å². The Bertz CT molecular complexity index is 413. The number of phenols is 1. The molecule has 1 aromatic carbocycles. The molecule has 0 aliphatic carbocycles. The summed E-state index contributed by atoms with van der Waals surface area (Å²) in [5, 5.41) is 9.88. The molecule has 18 heavy (non-hydrogen) atoms. The average molecular weight is 341 g/mol. The highest BCUT2D eigenvalue weighted by Crippen LogP contribution is 2.38. The molecule has 3 N–H and O–H groups in total. The van der Waals surface area contributed by atoms with E-state index in [2.05, 4.69) is 15.9 Å². The van der Waals surface area contributed by atoms with Crippen molar-refractivity contribution in [2.45, 2.75) is 18.9 Å². The van der Waals surface area contributed by atoms with Gasteiger partial charge in [-0.05, 0) is 46.8 Å². The first-order valence-electron chi connectivity index (χ1n) is 5.61. The molecule has 1 heterocycles. The molecule has 1 fully saturated rings. The van der Waals surface area contributed by atoms with E-state index in [0.29, 0.717) is 17.7 Å². The summed E-state index contributed by atoms with van der Waals surface area (Å²) in [5.74, 6) is -0.396. The minimum atomic E-state index is -0.489. The third-order valence-electron chi connectivity index (χ3n) is 3.22. The first-order chi connectivity index (χ1) is 8.11. The smallest absolute Gasteiger partial charge is 0.137 e. The van der Waals surface area contributed by atoms with Crippen molar-refractivity contribution in [3.05, 3.63) is 28.0 Å². The lowest BCUT2D eigenvalue weighted by atomic mass is 9.87. The maximum Gasteiger partial charge on any atom is 0.137 e. The van der Waals surface area contributed by atoms with E-state index in [1.54, 1.807) is 0 Å². The number of benzene rings is 1. The van der Waals surface area contributed by atoms with Crippen LogP contribution in [0.25, 0.3) is 0 Å². The van der Waals surface area contributed by atoms with Crippen molar-refractivity contribution in [2.24, 2.45) is 11.7 Å². The van der Waals surface area contributed by atoms with Crippen molar-refractivity contribution in [3.8, 4) is 5.75 Å². The fourth-order valence-corrected chi connectivity index (χ4v) is 2.53. The van der Waals surface area contributed by atoms with Crippen LogP contribution in [0.1, 0.15) is 24.4 Å². The minimum absolute atomic E-state index is 0. The largest absolute Gasteiger partial charge is 0.506 e. The van der Waals surface area contributed by atoms with Crippen LogP contribution < -0.4 is 5.73 Å². The molecule has 0 unspecified atom stereocenters. The predicted molar refractivity (Wildman–Crippen MR) is 73.5 cm³/mol. The number of phenolic OH excluding ortho intramolecular Hbond substituents is 1. The number of nitrogens with two attached hydrogens (primary N) is 1. The van der Waals surface area contributed by atoms with Gasteiger partial charge in [0.2, 0.25) is 0 Å². The van der Waals surface area contributed by atoms with E-state index in [1.807, 2.05) is 0 Å². The molecule has 2 rings (SSSR count). The number of hydrogen-bond donors (Lipinski definition) is 2. The molecule has 0 radical (unpaired) electrons. The van der Waals surface area contributed by atoms with Gasteiger partial charge in [0.05, 0.1) is 4.47 Å². The molecule has 1 saturated heterocycles. The monoisotopic (exact) mass is 339 g/mol. The molecule has 0 aromatic heterocycles. The molecular formula is C12H16BrClFNO2. The number of rotatable bonds is 2. The fourth-order valence-electron chi connectivity index (χ4n) is 2.18. The van der Waals surface area contributed by atoms with Crippen LogP contribution in [0, 0.1) is 11.7 Å². The van der Waals surface area contributed by atoms with Crippen LogP contribution in [0.5, 0.6) is 5.75 Å². The molecule has 1 aromatic rings. The summed E-state index contributed by atoms with van der Waals surface area (Å²) in [6, 6.07) is 2.31. The zero-order valence-electron chi connectivity index (χ0n) is 9.73. The van der Waals surface area contributed by atoms with E-state index in [1.165, 1.54) is 12.1 Å². The summed E-state index contributed by atoms with van der Waals surface area (Å²) in [6.45, 7) is 1.30. The Hall–Kier alpha value is -0.360. The molecule has 0 saturated carbocycles. The van der Waals surface area contributed by atoms with Gasteiger partial charge in [-0.2, -0.15) is 0 Å². The summed E-state index contributed by atoms with van der Waals surface area (Å²) in [7, 11) is 0. The van der Waals surface area contributed by atoms with Gasteiger partial charge in [0, 0.05) is 24.8 Å². The van der Waals surface area contributed by atoms with Gasteiger partial charge in [0.1, 0.15) is 11.6 Å². The van der Waals surface area contributed by atoms with E-state index in [0.717, 1.165) is 12.8 Å². The summed E-state index contributed by atoms with van der Waals surface area (Å²) in [4.78, 5) is 0. The molecule has 1 aliphatic heterocycles. The lowest BCUT2D eigenvalue weighted by Gasteiger charge is -2.28. The fraction of sp³-hybridized carbons (Fsp3) is 0.500. The van der Waals surface area contributed by atoms with Crippen LogP contribution in [-0.2, 0) is 4.74 Å². The highest BCUT2D eigenvalue weighted by atomic mass is 79.9. The summed E-state index contributed by atoms with van der Waals surface area (Å²) in [6.07, 6.45) is 1.60. The van der Waals surface area contributed by atoms with Crippen molar-refractivity contribution in [1.82, 2.24) is 0 Å². The van der Waals surface area contributed by atoms with Gasteiger partial charge in [0.15, 0.2) is 0 Å². The maximum absolute atomic E-state index is 13.7. The van der Waals surface area contributed by atoms with Gasteiger partial charge < -0.3 is 15.6 Å². The van der Waals surface area contributed by atoms with Crippen molar-refractivity contribution >= 4 is 28.3 Å². The van der Waals surface area contributed by atoms with Crippen LogP contribution in [0.15, 0.2) is 16.6 Å². The predicted octanol–water partition coefficient (Wildman–Crippen LogP) is 3.14. The Morgan fingerprint density at radius 2 is 2.00 bits per heavy atom. The summed E-state index contributed by atoms with van der Waals surface area (Å²) in [5.41, 5.74) is 6.26. The SMILES string of the molecule is Cl.N[C@H](c1c(F)ccc(Br)c1O)C1CCOCC1. The highest BCUT2D eigenvalue weighted by Gasteiger charge is 2.27. The topological polar surface area (TPSA) is 55.5 Å². The van der Waals surface area contributed by atoms with E-state index in [-0.39, 0.29) is 29.6 Å². The molecule has 1 aliphatic rings. The Morgan fingerprint density at radius 1 is 1.39 bits per heavy atom. The number of hydrogen-bond acceptors (Lipinski definition) is 3. The van der Waals surface area contributed by atoms with Gasteiger partial charge in [-0.25, -0.2) is 4.39 Å². The van der Waals surface area contributed by atoms with Gasteiger partial charge >= 0.3 is 0 Å².